The molecule has 26 heavy (non-hydrogen) atoms. The van der Waals surface area contributed by atoms with Crippen LogP contribution in [0.25, 0.3) is 10.9 Å². The van der Waals surface area contributed by atoms with E-state index in [4.69, 9.17) is 22.1 Å². The largest absolute Gasteiger partial charge is 0.490 e. The van der Waals surface area contributed by atoms with Crippen molar-refractivity contribution in [2.45, 2.75) is 45.6 Å². The minimum atomic E-state index is -0.0741. The van der Waals surface area contributed by atoms with E-state index in [-0.39, 0.29) is 17.5 Å². The molecule has 5 heteroatoms. The Bertz CT molecular complexity index is 934. The van der Waals surface area contributed by atoms with Crippen LogP contribution in [0.1, 0.15) is 39.0 Å². The molecule has 1 atom stereocenters. The molecule has 0 aliphatic rings. The third kappa shape index (κ3) is 4.07. The summed E-state index contributed by atoms with van der Waals surface area (Å²) < 4.78 is 6.26. The van der Waals surface area contributed by atoms with Crippen LogP contribution in [0, 0.1) is 0 Å². The molecule has 0 saturated carbocycles. The van der Waals surface area contributed by atoms with Gasteiger partial charge in [-0.15, -0.1) is 0 Å². The number of aromatic nitrogens is 2. The van der Waals surface area contributed by atoms with Crippen LogP contribution in [0.3, 0.4) is 0 Å². The summed E-state index contributed by atoms with van der Waals surface area (Å²) in [5.41, 5.74) is 8.70. The summed E-state index contributed by atoms with van der Waals surface area (Å²) in [6.07, 6.45) is 0.539. The number of nitrogen functional groups attached to an aromatic ring is 1. The number of nitrogens with zero attached hydrogens (tertiary/aromatic N) is 2. The number of halogens is 1. The van der Waals surface area contributed by atoms with Gasteiger partial charge < -0.3 is 10.5 Å². The number of fused-ring (bicyclic) bond motifs is 1. The predicted octanol–water partition coefficient (Wildman–Crippen LogP) is 5.17. The predicted molar refractivity (Wildman–Crippen MR) is 108 cm³/mol. The summed E-state index contributed by atoms with van der Waals surface area (Å²) >= 11 is 6.15. The van der Waals surface area contributed by atoms with Crippen LogP contribution in [-0.4, -0.2) is 16.1 Å². The Morgan fingerprint density at radius 1 is 1.12 bits per heavy atom. The van der Waals surface area contributed by atoms with Crippen molar-refractivity contribution in [2.75, 3.05) is 5.73 Å². The fourth-order valence-corrected chi connectivity index (χ4v) is 3.23. The number of ether oxygens (including phenoxy) is 1. The number of rotatable bonds is 4. The van der Waals surface area contributed by atoms with Crippen LogP contribution < -0.4 is 10.5 Å². The number of hydrogen-bond donors (Lipinski definition) is 1. The maximum atomic E-state index is 6.26. The lowest BCUT2D eigenvalue weighted by molar-refractivity contribution is 0.216. The number of benzene rings is 2. The molecule has 0 saturated heterocycles. The van der Waals surface area contributed by atoms with E-state index in [1.165, 1.54) is 5.56 Å². The van der Waals surface area contributed by atoms with Gasteiger partial charge in [0.1, 0.15) is 11.9 Å². The minimum Gasteiger partial charge on any atom is -0.490 e. The van der Waals surface area contributed by atoms with Crippen molar-refractivity contribution >= 4 is 28.5 Å². The Balaban J connectivity index is 1.89. The molecule has 0 aliphatic carbocycles. The highest BCUT2D eigenvalue weighted by molar-refractivity contribution is 6.31. The molecule has 0 aliphatic heterocycles. The van der Waals surface area contributed by atoms with E-state index in [0.717, 1.165) is 22.3 Å². The number of anilines is 1. The van der Waals surface area contributed by atoms with Gasteiger partial charge in [0.15, 0.2) is 0 Å². The second-order valence-corrected chi connectivity index (χ2v) is 8.01. The smallest absolute Gasteiger partial charge is 0.220 e. The number of para-hydroxylation sites is 1. The zero-order valence-corrected chi connectivity index (χ0v) is 16.3. The van der Waals surface area contributed by atoms with E-state index >= 15 is 0 Å². The Labute approximate surface area is 159 Å². The molecule has 1 heterocycles. The van der Waals surface area contributed by atoms with Crippen LogP contribution in [-0.2, 0) is 11.8 Å². The second-order valence-electron chi connectivity index (χ2n) is 7.57. The maximum absolute atomic E-state index is 6.26. The van der Waals surface area contributed by atoms with Gasteiger partial charge in [-0.25, -0.2) is 9.97 Å². The molecule has 1 aromatic heterocycles. The topological polar surface area (TPSA) is 61.0 Å². The Morgan fingerprint density at radius 2 is 1.85 bits per heavy atom. The van der Waals surface area contributed by atoms with E-state index in [0.29, 0.717) is 11.4 Å². The molecule has 0 spiro atoms. The van der Waals surface area contributed by atoms with Gasteiger partial charge in [0.25, 0.3) is 0 Å². The van der Waals surface area contributed by atoms with Crippen LogP contribution in [0.2, 0.25) is 5.02 Å². The first-order valence-corrected chi connectivity index (χ1v) is 9.09. The SMILES string of the molecule is CC(Cc1nc(N)nc2ccc(Cl)cc12)Oc1ccccc1C(C)(C)C. The van der Waals surface area contributed by atoms with Gasteiger partial charge in [-0.3, -0.25) is 0 Å². The molecule has 2 aromatic carbocycles. The summed E-state index contributed by atoms with van der Waals surface area (Å²) in [6, 6.07) is 13.7. The van der Waals surface area contributed by atoms with Gasteiger partial charge in [0.05, 0.1) is 11.2 Å². The molecule has 0 radical (unpaired) electrons. The summed E-state index contributed by atoms with van der Waals surface area (Å²) in [5, 5.41) is 1.56. The fraction of sp³-hybridized carbons (Fsp3) is 0.333. The van der Waals surface area contributed by atoms with Crippen LogP contribution >= 0.6 is 11.6 Å². The van der Waals surface area contributed by atoms with Crippen molar-refractivity contribution in [1.82, 2.24) is 9.97 Å². The third-order valence-electron chi connectivity index (χ3n) is 4.26. The maximum Gasteiger partial charge on any atom is 0.220 e. The molecule has 4 nitrogen and oxygen atoms in total. The normalized spacial score (nSPS) is 13.0. The number of hydrogen-bond acceptors (Lipinski definition) is 4. The minimum absolute atomic E-state index is 0.00980. The molecule has 0 amide bonds. The molecule has 2 N–H and O–H groups in total. The molecule has 3 aromatic rings. The molecular formula is C21H24ClN3O. The van der Waals surface area contributed by atoms with E-state index in [2.05, 4.69) is 36.8 Å². The highest BCUT2D eigenvalue weighted by Gasteiger charge is 2.20. The van der Waals surface area contributed by atoms with Crippen molar-refractivity contribution in [3.8, 4) is 5.75 Å². The lowest BCUT2D eigenvalue weighted by atomic mass is 9.86. The summed E-state index contributed by atoms with van der Waals surface area (Å²) in [5.74, 6) is 1.16. The summed E-state index contributed by atoms with van der Waals surface area (Å²) in [4.78, 5) is 8.71. The Kier molecular flexibility index (Phi) is 5.05. The monoisotopic (exact) mass is 369 g/mol. The zero-order chi connectivity index (χ0) is 18.9. The standard InChI is InChI=1S/C21H24ClN3O/c1-13(26-19-8-6-5-7-16(19)21(2,3)4)11-18-15-12-14(22)9-10-17(15)24-20(23)25-18/h5-10,12-13H,11H2,1-4H3,(H2,23,24,25). The van der Waals surface area contributed by atoms with Gasteiger partial charge in [0, 0.05) is 16.8 Å². The molecule has 0 fully saturated rings. The highest BCUT2D eigenvalue weighted by Crippen LogP contribution is 2.32. The van der Waals surface area contributed by atoms with Crippen molar-refractivity contribution in [3.05, 3.63) is 58.7 Å². The lowest BCUT2D eigenvalue weighted by Gasteiger charge is -2.25. The molecule has 1 unspecified atom stereocenters. The molecule has 136 valence electrons. The van der Waals surface area contributed by atoms with E-state index in [9.17, 15) is 0 Å². The molecular weight excluding hydrogens is 346 g/mol. The van der Waals surface area contributed by atoms with Crippen LogP contribution in [0.4, 0.5) is 5.95 Å². The summed E-state index contributed by atoms with van der Waals surface area (Å²) in [7, 11) is 0. The first kappa shape index (κ1) is 18.5. The van der Waals surface area contributed by atoms with Crippen molar-refractivity contribution in [3.63, 3.8) is 0 Å². The zero-order valence-electron chi connectivity index (χ0n) is 15.6. The van der Waals surface area contributed by atoms with Gasteiger partial charge in [-0.2, -0.15) is 0 Å². The van der Waals surface area contributed by atoms with E-state index in [1.54, 1.807) is 6.07 Å². The average molecular weight is 370 g/mol. The van der Waals surface area contributed by atoms with Gasteiger partial charge in [0.2, 0.25) is 5.95 Å². The number of nitrogens with two attached hydrogens (primary N) is 1. The Hall–Kier alpha value is -2.33. The van der Waals surface area contributed by atoms with Gasteiger partial charge >= 0.3 is 0 Å². The lowest BCUT2D eigenvalue weighted by Crippen LogP contribution is -2.20. The van der Waals surface area contributed by atoms with Gasteiger partial charge in [-0.05, 0) is 42.2 Å². The quantitative estimate of drug-likeness (QED) is 0.688. The van der Waals surface area contributed by atoms with Gasteiger partial charge in [-0.1, -0.05) is 50.6 Å². The third-order valence-corrected chi connectivity index (χ3v) is 4.49. The van der Waals surface area contributed by atoms with Crippen molar-refractivity contribution < 1.29 is 4.74 Å². The highest BCUT2D eigenvalue weighted by atomic mass is 35.5. The average Bonchev–Trinajstić information content (AvgIpc) is 2.55. The van der Waals surface area contributed by atoms with Crippen molar-refractivity contribution in [2.24, 2.45) is 0 Å². The molecule has 0 bridgehead atoms. The molecule has 3 rings (SSSR count). The van der Waals surface area contributed by atoms with E-state index < -0.39 is 0 Å². The summed E-state index contributed by atoms with van der Waals surface area (Å²) in [6.45, 7) is 8.58. The fourth-order valence-electron chi connectivity index (χ4n) is 3.06. The van der Waals surface area contributed by atoms with E-state index in [1.807, 2.05) is 37.3 Å². The second kappa shape index (κ2) is 7.12. The Morgan fingerprint density at radius 3 is 2.58 bits per heavy atom. The first-order valence-electron chi connectivity index (χ1n) is 8.72. The van der Waals surface area contributed by atoms with Crippen LogP contribution in [0.5, 0.6) is 5.75 Å². The van der Waals surface area contributed by atoms with Crippen molar-refractivity contribution in [1.29, 1.82) is 0 Å². The first-order chi connectivity index (χ1) is 12.2. The van der Waals surface area contributed by atoms with Crippen LogP contribution in [0.15, 0.2) is 42.5 Å².